The first kappa shape index (κ1) is 15.3. The number of hydrogen-bond donors (Lipinski definition) is 2. The average molecular weight is 298 g/mol. The third-order valence-corrected chi connectivity index (χ3v) is 5.12. The Hall–Kier alpha value is -1.11. The highest BCUT2D eigenvalue weighted by molar-refractivity contribution is 7.89. The summed E-state index contributed by atoms with van der Waals surface area (Å²) in [4.78, 5) is 0.226. The Morgan fingerprint density at radius 1 is 1.50 bits per heavy atom. The Morgan fingerprint density at radius 2 is 2.20 bits per heavy atom. The largest absolute Gasteiger partial charge is 0.487 e. The minimum absolute atomic E-state index is 0.108. The molecule has 0 saturated carbocycles. The normalized spacial score (nSPS) is 19.5. The molecule has 0 saturated heterocycles. The van der Waals surface area contributed by atoms with Crippen molar-refractivity contribution in [1.82, 2.24) is 4.72 Å². The second-order valence-electron chi connectivity index (χ2n) is 5.36. The predicted molar refractivity (Wildman–Crippen MR) is 78.4 cm³/mol. The molecule has 0 radical (unpaired) electrons. The second kappa shape index (κ2) is 5.71. The van der Waals surface area contributed by atoms with Gasteiger partial charge in [0.05, 0.1) is 0 Å². The van der Waals surface area contributed by atoms with Crippen molar-refractivity contribution in [2.45, 2.75) is 50.7 Å². The van der Waals surface area contributed by atoms with Crippen LogP contribution in [0.25, 0.3) is 0 Å². The van der Waals surface area contributed by atoms with Crippen molar-refractivity contribution in [3.05, 3.63) is 23.3 Å². The van der Waals surface area contributed by atoms with E-state index in [4.69, 9.17) is 10.5 Å². The molecule has 1 aromatic carbocycles. The second-order valence-corrected chi connectivity index (χ2v) is 7.04. The molecule has 1 heterocycles. The van der Waals surface area contributed by atoms with E-state index < -0.39 is 10.0 Å². The molecule has 1 aromatic rings. The van der Waals surface area contributed by atoms with Gasteiger partial charge in [0.1, 0.15) is 16.7 Å². The molecular formula is C14H22N2O3S. The van der Waals surface area contributed by atoms with Crippen molar-refractivity contribution in [2.24, 2.45) is 5.73 Å². The lowest BCUT2D eigenvalue weighted by atomic mass is 10.1. The van der Waals surface area contributed by atoms with Crippen LogP contribution in [-0.2, 0) is 16.4 Å². The summed E-state index contributed by atoms with van der Waals surface area (Å²) in [6.45, 7) is 6.05. The van der Waals surface area contributed by atoms with Crippen LogP contribution in [0.4, 0.5) is 0 Å². The van der Waals surface area contributed by atoms with Crippen LogP contribution >= 0.6 is 0 Å². The van der Waals surface area contributed by atoms with E-state index in [9.17, 15) is 8.42 Å². The lowest BCUT2D eigenvalue weighted by Crippen LogP contribution is -2.32. The van der Waals surface area contributed by atoms with Gasteiger partial charge in [-0.2, -0.15) is 0 Å². The smallest absolute Gasteiger partial charge is 0.244 e. The molecule has 6 heteroatoms. The van der Waals surface area contributed by atoms with Crippen LogP contribution < -0.4 is 15.2 Å². The molecule has 0 bridgehead atoms. The number of benzene rings is 1. The molecule has 1 aliphatic heterocycles. The molecular weight excluding hydrogens is 276 g/mol. The van der Waals surface area contributed by atoms with Crippen molar-refractivity contribution >= 4 is 10.0 Å². The highest BCUT2D eigenvalue weighted by Gasteiger charge is 2.30. The zero-order valence-electron chi connectivity index (χ0n) is 12.1. The molecule has 1 aliphatic rings. The number of aryl methyl sites for hydroxylation is 1. The molecule has 0 aromatic heterocycles. The maximum absolute atomic E-state index is 12.5. The Bertz CT molecular complexity index is 599. The molecule has 0 aliphatic carbocycles. The van der Waals surface area contributed by atoms with Crippen LogP contribution in [0.1, 0.15) is 31.4 Å². The molecule has 20 heavy (non-hydrogen) atoms. The lowest BCUT2D eigenvalue weighted by Gasteiger charge is -2.15. The maximum atomic E-state index is 12.5. The highest BCUT2D eigenvalue weighted by Crippen LogP contribution is 2.36. The summed E-state index contributed by atoms with van der Waals surface area (Å²) in [6.07, 6.45) is 1.27. The van der Waals surface area contributed by atoms with Crippen LogP contribution in [0.3, 0.4) is 0 Å². The monoisotopic (exact) mass is 298 g/mol. The molecule has 5 nitrogen and oxygen atoms in total. The minimum Gasteiger partial charge on any atom is -0.487 e. The zero-order valence-corrected chi connectivity index (χ0v) is 13.0. The summed E-state index contributed by atoms with van der Waals surface area (Å²) in [5.41, 5.74) is 7.46. The molecule has 0 amide bonds. The minimum atomic E-state index is -3.57. The van der Waals surface area contributed by atoms with Crippen LogP contribution in [-0.4, -0.2) is 27.1 Å². The molecule has 3 N–H and O–H groups in total. The first-order chi connectivity index (χ1) is 9.37. The van der Waals surface area contributed by atoms with Gasteiger partial charge in [0.15, 0.2) is 0 Å². The van der Waals surface area contributed by atoms with Crippen molar-refractivity contribution in [2.75, 3.05) is 6.54 Å². The Morgan fingerprint density at radius 3 is 2.80 bits per heavy atom. The Kier molecular flexibility index (Phi) is 4.36. The van der Waals surface area contributed by atoms with Gasteiger partial charge in [-0.25, -0.2) is 13.1 Å². The van der Waals surface area contributed by atoms with Crippen molar-refractivity contribution in [3.8, 4) is 5.75 Å². The van der Waals surface area contributed by atoms with E-state index in [1.54, 1.807) is 6.07 Å². The Labute approximate surface area is 120 Å². The average Bonchev–Trinajstić information content (AvgIpc) is 2.79. The van der Waals surface area contributed by atoms with Gasteiger partial charge in [-0.15, -0.1) is 0 Å². The summed E-state index contributed by atoms with van der Waals surface area (Å²) < 4.78 is 33.3. The van der Waals surface area contributed by atoms with Gasteiger partial charge < -0.3 is 10.5 Å². The number of ether oxygens (including phenoxy) is 1. The SMILES string of the molecule is CCC(C)NS(=O)(=O)c1cc(C)cc2c1OC(CN)C2. The fourth-order valence-electron chi connectivity index (χ4n) is 2.29. The van der Waals surface area contributed by atoms with E-state index in [0.717, 1.165) is 17.5 Å². The summed E-state index contributed by atoms with van der Waals surface area (Å²) >= 11 is 0. The third kappa shape index (κ3) is 2.97. The van der Waals surface area contributed by atoms with Crippen molar-refractivity contribution < 1.29 is 13.2 Å². The molecule has 0 fully saturated rings. The molecule has 2 rings (SSSR count). The van der Waals surface area contributed by atoms with Crippen LogP contribution in [0.15, 0.2) is 17.0 Å². The zero-order chi connectivity index (χ0) is 14.9. The summed E-state index contributed by atoms with van der Waals surface area (Å²) in [5, 5.41) is 0. The van der Waals surface area contributed by atoms with Crippen molar-refractivity contribution in [3.63, 3.8) is 0 Å². The fraction of sp³-hybridized carbons (Fsp3) is 0.571. The molecule has 2 atom stereocenters. The number of fused-ring (bicyclic) bond motifs is 1. The first-order valence-corrected chi connectivity index (χ1v) is 8.38. The first-order valence-electron chi connectivity index (χ1n) is 6.90. The maximum Gasteiger partial charge on any atom is 0.244 e. The van der Waals surface area contributed by atoms with E-state index in [2.05, 4.69) is 4.72 Å². The number of nitrogens with two attached hydrogens (primary N) is 1. The molecule has 0 spiro atoms. The van der Waals surface area contributed by atoms with Gasteiger partial charge in [-0.1, -0.05) is 13.0 Å². The third-order valence-electron chi connectivity index (χ3n) is 3.53. The van der Waals surface area contributed by atoms with Gasteiger partial charge in [0.25, 0.3) is 0 Å². The topological polar surface area (TPSA) is 81.4 Å². The summed E-state index contributed by atoms with van der Waals surface area (Å²) in [7, 11) is -3.57. The van der Waals surface area contributed by atoms with Crippen LogP contribution in [0, 0.1) is 6.92 Å². The van der Waals surface area contributed by atoms with Gasteiger partial charge in [-0.05, 0) is 37.5 Å². The van der Waals surface area contributed by atoms with E-state index in [0.29, 0.717) is 18.7 Å². The molecule has 2 unspecified atom stereocenters. The van der Waals surface area contributed by atoms with E-state index in [1.807, 2.05) is 26.8 Å². The van der Waals surface area contributed by atoms with Gasteiger partial charge >= 0.3 is 0 Å². The van der Waals surface area contributed by atoms with E-state index in [-0.39, 0.29) is 17.0 Å². The van der Waals surface area contributed by atoms with E-state index >= 15 is 0 Å². The fourth-order valence-corrected chi connectivity index (χ4v) is 3.88. The quantitative estimate of drug-likeness (QED) is 0.859. The Balaban J connectivity index is 2.43. The van der Waals surface area contributed by atoms with Crippen molar-refractivity contribution in [1.29, 1.82) is 0 Å². The predicted octanol–water partition coefficient (Wildman–Crippen LogP) is 1.33. The van der Waals surface area contributed by atoms with Gasteiger partial charge in [0, 0.05) is 19.0 Å². The summed E-state index contributed by atoms with van der Waals surface area (Å²) in [6, 6.07) is 3.51. The number of rotatable bonds is 5. The number of sulfonamides is 1. The highest BCUT2D eigenvalue weighted by atomic mass is 32.2. The van der Waals surface area contributed by atoms with Gasteiger partial charge in [0.2, 0.25) is 10.0 Å². The number of hydrogen-bond acceptors (Lipinski definition) is 4. The lowest BCUT2D eigenvalue weighted by molar-refractivity contribution is 0.236. The summed E-state index contributed by atoms with van der Waals surface area (Å²) in [5.74, 6) is 0.460. The number of nitrogens with one attached hydrogen (secondary N) is 1. The van der Waals surface area contributed by atoms with Crippen LogP contribution in [0.2, 0.25) is 0 Å². The standard InChI is InChI=1S/C14H22N2O3S/c1-4-10(3)16-20(17,18)13-6-9(2)5-11-7-12(8-15)19-14(11)13/h5-6,10,12,16H,4,7-8,15H2,1-3H3. The van der Waals surface area contributed by atoms with Crippen LogP contribution in [0.5, 0.6) is 5.75 Å². The molecule has 112 valence electrons. The van der Waals surface area contributed by atoms with Gasteiger partial charge in [-0.3, -0.25) is 0 Å². The van der Waals surface area contributed by atoms with E-state index in [1.165, 1.54) is 0 Å².